The van der Waals surface area contributed by atoms with Crippen LogP contribution in [0.1, 0.15) is 35.4 Å². The largest absolute Gasteiger partial charge is 0.309 e. The molecule has 0 bridgehead atoms. The van der Waals surface area contributed by atoms with Gasteiger partial charge in [0.2, 0.25) is 0 Å². The number of hydrogen-bond donors (Lipinski definition) is 1. The molecular weight excluding hydrogens is 274 g/mol. The van der Waals surface area contributed by atoms with Gasteiger partial charge >= 0.3 is 0 Å². The van der Waals surface area contributed by atoms with Crippen molar-refractivity contribution >= 4 is 22.9 Å². The number of hydrogen-bond acceptors (Lipinski definition) is 2. The Balaban J connectivity index is 2.04. The van der Waals surface area contributed by atoms with Gasteiger partial charge in [-0.25, -0.2) is 0 Å². The zero-order valence-electron chi connectivity index (χ0n) is 11.4. The van der Waals surface area contributed by atoms with Gasteiger partial charge in [0.15, 0.2) is 0 Å². The van der Waals surface area contributed by atoms with Crippen molar-refractivity contribution in [2.75, 3.05) is 6.54 Å². The third kappa shape index (κ3) is 4.07. The molecule has 1 heterocycles. The lowest BCUT2D eigenvalue weighted by Crippen LogP contribution is -2.20. The molecule has 1 aromatic carbocycles. The number of halogens is 1. The van der Waals surface area contributed by atoms with Crippen LogP contribution in [0, 0.1) is 6.92 Å². The smallest absolute Gasteiger partial charge is 0.0561 e. The van der Waals surface area contributed by atoms with Gasteiger partial charge in [0, 0.05) is 10.9 Å². The minimum atomic E-state index is 0.359. The summed E-state index contributed by atoms with van der Waals surface area (Å²) in [7, 11) is 0. The standard InChI is InChI=1S/C16H20ClNS/c1-3-18-15(16-14(17)9-10-19-16)8-7-13-6-4-5-12(2)11-13/h4-6,9-11,15,18H,3,7-8H2,1-2H3. The molecule has 1 N–H and O–H groups in total. The second-order valence-electron chi connectivity index (χ2n) is 4.77. The van der Waals surface area contributed by atoms with Gasteiger partial charge in [-0.3, -0.25) is 0 Å². The van der Waals surface area contributed by atoms with Crippen molar-refractivity contribution in [1.29, 1.82) is 0 Å². The maximum Gasteiger partial charge on any atom is 0.0561 e. The fraction of sp³-hybridized carbons (Fsp3) is 0.375. The third-order valence-corrected chi connectivity index (χ3v) is 4.69. The first kappa shape index (κ1) is 14.6. The molecule has 102 valence electrons. The van der Waals surface area contributed by atoms with Crippen LogP contribution in [-0.4, -0.2) is 6.54 Å². The predicted octanol–water partition coefficient (Wildman–Crippen LogP) is 4.99. The molecule has 0 amide bonds. The summed E-state index contributed by atoms with van der Waals surface area (Å²) in [6.07, 6.45) is 2.16. The van der Waals surface area contributed by atoms with Crippen LogP contribution >= 0.6 is 22.9 Å². The van der Waals surface area contributed by atoms with Gasteiger partial charge in [-0.05, 0) is 43.3 Å². The second-order valence-corrected chi connectivity index (χ2v) is 6.13. The van der Waals surface area contributed by atoms with Crippen LogP contribution in [0.2, 0.25) is 5.02 Å². The molecule has 2 aromatic rings. The molecular formula is C16H20ClNS. The van der Waals surface area contributed by atoms with E-state index in [0.29, 0.717) is 6.04 Å². The van der Waals surface area contributed by atoms with E-state index in [1.807, 2.05) is 6.07 Å². The maximum atomic E-state index is 6.25. The van der Waals surface area contributed by atoms with E-state index in [1.165, 1.54) is 16.0 Å². The Labute approximate surface area is 124 Å². The molecule has 0 aliphatic carbocycles. The average Bonchev–Trinajstić information content (AvgIpc) is 2.81. The fourth-order valence-corrected chi connectivity index (χ4v) is 3.60. The molecule has 19 heavy (non-hydrogen) atoms. The zero-order chi connectivity index (χ0) is 13.7. The van der Waals surface area contributed by atoms with E-state index in [9.17, 15) is 0 Å². The van der Waals surface area contributed by atoms with Crippen LogP contribution in [-0.2, 0) is 6.42 Å². The van der Waals surface area contributed by atoms with E-state index in [4.69, 9.17) is 11.6 Å². The van der Waals surface area contributed by atoms with Crippen molar-refractivity contribution < 1.29 is 0 Å². The van der Waals surface area contributed by atoms with Crippen molar-refractivity contribution in [2.45, 2.75) is 32.7 Å². The van der Waals surface area contributed by atoms with Crippen molar-refractivity contribution in [3.8, 4) is 0 Å². The summed E-state index contributed by atoms with van der Waals surface area (Å²) < 4.78 is 0. The molecule has 0 spiro atoms. The summed E-state index contributed by atoms with van der Waals surface area (Å²) in [5.74, 6) is 0. The van der Waals surface area contributed by atoms with Gasteiger partial charge in [0.05, 0.1) is 5.02 Å². The molecule has 3 heteroatoms. The molecule has 1 unspecified atom stereocenters. The lowest BCUT2D eigenvalue weighted by molar-refractivity contribution is 0.523. The van der Waals surface area contributed by atoms with Gasteiger partial charge in [-0.15, -0.1) is 11.3 Å². The molecule has 0 aliphatic heterocycles. The van der Waals surface area contributed by atoms with Crippen molar-refractivity contribution in [1.82, 2.24) is 5.32 Å². The average molecular weight is 294 g/mol. The molecule has 0 fully saturated rings. The molecule has 0 saturated heterocycles. The first-order chi connectivity index (χ1) is 9.20. The van der Waals surface area contributed by atoms with Gasteiger partial charge in [-0.2, -0.15) is 0 Å². The Morgan fingerprint density at radius 1 is 1.32 bits per heavy atom. The van der Waals surface area contributed by atoms with Crippen LogP contribution in [0.5, 0.6) is 0 Å². The topological polar surface area (TPSA) is 12.0 Å². The van der Waals surface area contributed by atoms with Gasteiger partial charge in [0.1, 0.15) is 0 Å². The number of aryl methyl sites for hydroxylation is 2. The number of benzene rings is 1. The molecule has 2 rings (SSSR count). The highest BCUT2D eigenvalue weighted by molar-refractivity contribution is 7.10. The van der Waals surface area contributed by atoms with Crippen LogP contribution in [0.3, 0.4) is 0 Å². The highest BCUT2D eigenvalue weighted by Gasteiger charge is 2.15. The number of nitrogens with one attached hydrogen (secondary N) is 1. The maximum absolute atomic E-state index is 6.25. The SMILES string of the molecule is CCNC(CCc1cccc(C)c1)c1sccc1Cl. The Morgan fingerprint density at radius 2 is 2.16 bits per heavy atom. The lowest BCUT2D eigenvalue weighted by atomic mass is 10.0. The Bertz CT molecular complexity index is 521. The van der Waals surface area contributed by atoms with Gasteiger partial charge in [-0.1, -0.05) is 48.4 Å². The summed E-state index contributed by atoms with van der Waals surface area (Å²) in [6.45, 7) is 5.25. The summed E-state index contributed by atoms with van der Waals surface area (Å²) in [5, 5.41) is 6.49. The molecule has 0 aliphatic rings. The lowest BCUT2D eigenvalue weighted by Gasteiger charge is -2.17. The molecule has 1 aromatic heterocycles. The van der Waals surface area contributed by atoms with Crippen LogP contribution in [0.15, 0.2) is 35.7 Å². The van der Waals surface area contributed by atoms with E-state index in [2.05, 4.69) is 48.8 Å². The number of thiophene rings is 1. The van der Waals surface area contributed by atoms with E-state index in [1.54, 1.807) is 11.3 Å². The minimum absolute atomic E-state index is 0.359. The minimum Gasteiger partial charge on any atom is -0.309 e. The summed E-state index contributed by atoms with van der Waals surface area (Å²) in [4.78, 5) is 1.26. The molecule has 0 radical (unpaired) electrons. The highest BCUT2D eigenvalue weighted by Crippen LogP contribution is 2.31. The monoisotopic (exact) mass is 293 g/mol. The van der Waals surface area contributed by atoms with E-state index in [-0.39, 0.29) is 0 Å². The quantitative estimate of drug-likeness (QED) is 0.791. The highest BCUT2D eigenvalue weighted by atomic mass is 35.5. The van der Waals surface area contributed by atoms with E-state index in [0.717, 1.165) is 24.4 Å². The normalized spacial score (nSPS) is 12.6. The molecule has 1 atom stereocenters. The van der Waals surface area contributed by atoms with Crippen molar-refractivity contribution in [3.05, 3.63) is 56.7 Å². The Hall–Kier alpha value is -0.830. The summed E-state index contributed by atoms with van der Waals surface area (Å²) >= 11 is 7.99. The number of rotatable bonds is 6. The third-order valence-electron chi connectivity index (χ3n) is 3.22. The zero-order valence-corrected chi connectivity index (χ0v) is 13.0. The van der Waals surface area contributed by atoms with Crippen LogP contribution in [0.4, 0.5) is 0 Å². The first-order valence-corrected chi connectivity index (χ1v) is 7.98. The molecule has 1 nitrogen and oxygen atoms in total. The molecule has 0 saturated carbocycles. The van der Waals surface area contributed by atoms with Gasteiger partial charge < -0.3 is 5.32 Å². The summed E-state index contributed by atoms with van der Waals surface area (Å²) in [6, 6.07) is 11.1. The van der Waals surface area contributed by atoms with Crippen LogP contribution < -0.4 is 5.32 Å². The van der Waals surface area contributed by atoms with Crippen LogP contribution in [0.25, 0.3) is 0 Å². The van der Waals surface area contributed by atoms with Gasteiger partial charge in [0.25, 0.3) is 0 Å². The van der Waals surface area contributed by atoms with Crippen molar-refractivity contribution in [3.63, 3.8) is 0 Å². The fourth-order valence-electron chi connectivity index (χ4n) is 2.30. The van der Waals surface area contributed by atoms with Crippen molar-refractivity contribution in [2.24, 2.45) is 0 Å². The Morgan fingerprint density at radius 3 is 2.79 bits per heavy atom. The van der Waals surface area contributed by atoms with E-state index >= 15 is 0 Å². The predicted molar refractivity (Wildman–Crippen MR) is 85.2 cm³/mol. The first-order valence-electron chi connectivity index (χ1n) is 6.72. The Kier molecular flexibility index (Phi) is 5.44. The summed E-state index contributed by atoms with van der Waals surface area (Å²) in [5.41, 5.74) is 2.72. The van der Waals surface area contributed by atoms with E-state index < -0.39 is 0 Å². The second kappa shape index (κ2) is 7.09.